The molecule has 0 saturated heterocycles. The molecule has 3 atom stereocenters. The van der Waals surface area contributed by atoms with Crippen molar-refractivity contribution in [3.05, 3.63) is 240 Å². The Labute approximate surface area is 377 Å². The lowest BCUT2D eigenvalue weighted by atomic mass is 9.84. The van der Waals surface area contributed by atoms with Gasteiger partial charge in [0.05, 0.1) is 6.04 Å². The van der Waals surface area contributed by atoms with Crippen LogP contribution in [0.4, 0.5) is 22.7 Å². The highest BCUT2D eigenvalue weighted by atomic mass is 15.2. The zero-order valence-corrected chi connectivity index (χ0v) is 36.4. The van der Waals surface area contributed by atoms with Crippen molar-refractivity contribution in [2.24, 2.45) is 11.8 Å². The van der Waals surface area contributed by atoms with Gasteiger partial charge in [0.2, 0.25) is 0 Å². The van der Waals surface area contributed by atoms with Crippen LogP contribution in [0.2, 0.25) is 0 Å². The monoisotopic (exact) mass is 827 g/mol. The zero-order valence-electron chi connectivity index (χ0n) is 36.4. The summed E-state index contributed by atoms with van der Waals surface area (Å²) in [5.41, 5.74) is 23.1. The number of allylic oxidation sites excluding steroid dienone is 20. The number of nitrogens with zero attached hydrogens (tertiary/aromatic N) is 2. The summed E-state index contributed by atoms with van der Waals surface area (Å²) in [7, 11) is 0. The minimum atomic E-state index is 0.193. The molecule has 0 fully saturated rings. The van der Waals surface area contributed by atoms with Gasteiger partial charge < -0.3 is 14.8 Å². The average Bonchev–Trinajstić information content (AvgIpc) is 3.73. The molecule has 1 aromatic heterocycles. The Morgan fingerprint density at radius 1 is 0.562 bits per heavy atom. The standard InChI is InChI=1S/C61H53N3/c1-43-17-19-47(20-18-43)51-27-35-55(36-28-51)64(54-33-25-50(26-34-54)46-15-9-4-10-16-46)57-38-40-61-59(42-57)58-41-56(37-39-60(58)62-61)63(52-29-21-48(22-30-52)44-11-5-2-6-12-44)53-31-23-49(24-32-53)45-13-7-3-8-14-45/h5,7,9,11-17,19,21-25,27-35,37-42,47,50,55,62H,1-2,4,6,10,18,20,26,36H2. The van der Waals surface area contributed by atoms with Gasteiger partial charge in [0.1, 0.15) is 0 Å². The summed E-state index contributed by atoms with van der Waals surface area (Å²) in [6, 6.07) is 32.0. The SMILES string of the molecule is C=C1C=CC(C2=CCC(N(C3=CCC(C4=CCCC=C4)C=C3)c3ccc4[nH]c5ccc(N(c6ccc(C7=CC=C=C=C7)cc6)c6ccc(C7=CCCC=C7)cc6)cc5c4c3)C=C2)CC1. The summed E-state index contributed by atoms with van der Waals surface area (Å²) in [6.07, 6.45) is 47.8. The molecule has 312 valence electrons. The third-order valence-corrected chi connectivity index (χ3v) is 13.7. The highest BCUT2D eigenvalue weighted by molar-refractivity contribution is 6.10. The predicted molar refractivity (Wildman–Crippen MR) is 272 cm³/mol. The maximum Gasteiger partial charge on any atom is 0.0559 e. The van der Waals surface area contributed by atoms with Crippen molar-refractivity contribution in [2.75, 3.05) is 9.80 Å². The molecule has 1 heterocycles. The lowest BCUT2D eigenvalue weighted by molar-refractivity contribution is 0.651. The minimum absolute atomic E-state index is 0.193. The van der Waals surface area contributed by atoms with Crippen molar-refractivity contribution in [2.45, 2.75) is 57.4 Å². The van der Waals surface area contributed by atoms with E-state index in [2.05, 4.69) is 209 Å². The van der Waals surface area contributed by atoms with Crippen LogP contribution >= 0.6 is 0 Å². The van der Waals surface area contributed by atoms with Gasteiger partial charge in [-0.3, -0.25) is 0 Å². The molecule has 3 unspecified atom stereocenters. The third-order valence-electron chi connectivity index (χ3n) is 13.7. The van der Waals surface area contributed by atoms with Crippen LogP contribution in [0.25, 0.3) is 33.0 Å². The first-order valence-electron chi connectivity index (χ1n) is 23.2. The number of hydrogen-bond acceptors (Lipinski definition) is 2. The Kier molecular flexibility index (Phi) is 10.8. The second-order valence-corrected chi connectivity index (χ2v) is 17.8. The fourth-order valence-corrected chi connectivity index (χ4v) is 10.2. The van der Waals surface area contributed by atoms with Crippen LogP contribution in [0.1, 0.15) is 62.5 Å². The normalized spacial score (nSPS) is 21.2. The summed E-state index contributed by atoms with van der Waals surface area (Å²) in [6.45, 7) is 4.20. The first-order chi connectivity index (χ1) is 31.6. The molecule has 3 heteroatoms. The number of aromatic nitrogens is 1. The van der Waals surface area contributed by atoms with E-state index in [0.717, 1.165) is 90.6 Å². The minimum Gasteiger partial charge on any atom is -0.355 e. The van der Waals surface area contributed by atoms with Crippen molar-refractivity contribution in [3.8, 4) is 0 Å². The van der Waals surface area contributed by atoms with Gasteiger partial charge in [0, 0.05) is 62.1 Å². The van der Waals surface area contributed by atoms with E-state index < -0.39 is 0 Å². The predicted octanol–water partition coefficient (Wildman–Crippen LogP) is 16.1. The molecule has 1 N–H and O–H groups in total. The van der Waals surface area contributed by atoms with Crippen LogP contribution in [0.3, 0.4) is 0 Å². The highest BCUT2D eigenvalue weighted by Crippen LogP contribution is 2.42. The molecule has 6 aliphatic carbocycles. The topological polar surface area (TPSA) is 22.3 Å². The van der Waals surface area contributed by atoms with Gasteiger partial charge in [0.15, 0.2) is 0 Å². The van der Waals surface area contributed by atoms with E-state index in [1.807, 2.05) is 12.2 Å². The number of benzene rings is 4. The van der Waals surface area contributed by atoms with Gasteiger partial charge in [-0.15, -0.1) is 0 Å². The average molecular weight is 828 g/mol. The first kappa shape index (κ1) is 39.6. The van der Waals surface area contributed by atoms with E-state index in [1.54, 1.807) is 0 Å². The summed E-state index contributed by atoms with van der Waals surface area (Å²) >= 11 is 0. The molecule has 11 rings (SSSR count). The van der Waals surface area contributed by atoms with Crippen molar-refractivity contribution in [3.63, 3.8) is 0 Å². The number of hydrogen-bond donors (Lipinski definition) is 1. The summed E-state index contributed by atoms with van der Waals surface area (Å²) < 4.78 is 0. The van der Waals surface area contributed by atoms with Gasteiger partial charge in [-0.2, -0.15) is 0 Å². The van der Waals surface area contributed by atoms with E-state index in [0.29, 0.717) is 11.8 Å². The van der Waals surface area contributed by atoms with Gasteiger partial charge >= 0.3 is 0 Å². The molecule has 0 saturated carbocycles. The van der Waals surface area contributed by atoms with Crippen molar-refractivity contribution in [1.82, 2.24) is 4.98 Å². The van der Waals surface area contributed by atoms with Crippen molar-refractivity contribution < 1.29 is 0 Å². The van der Waals surface area contributed by atoms with Crippen molar-refractivity contribution in [1.29, 1.82) is 0 Å². The molecule has 0 radical (unpaired) electrons. The van der Waals surface area contributed by atoms with Gasteiger partial charge in [-0.1, -0.05) is 127 Å². The van der Waals surface area contributed by atoms with Crippen LogP contribution in [-0.4, -0.2) is 11.0 Å². The Bertz CT molecular complexity index is 3090. The van der Waals surface area contributed by atoms with Crippen LogP contribution < -0.4 is 9.80 Å². The fraction of sp³-hybridized carbons (Fsp3) is 0.180. The van der Waals surface area contributed by atoms with Crippen LogP contribution in [0.5, 0.6) is 0 Å². The molecular formula is C61H53N3. The molecule has 5 aromatic rings. The van der Waals surface area contributed by atoms with Crippen molar-refractivity contribution >= 4 is 55.7 Å². The zero-order chi connectivity index (χ0) is 42.8. The fourth-order valence-electron chi connectivity index (χ4n) is 10.2. The molecule has 0 spiro atoms. The van der Waals surface area contributed by atoms with Crippen LogP contribution in [-0.2, 0) is 0 Å². The first-order valence-corrected chi connectivity index (χ1v) is 23.2. The third kappa shape index (κ3) is 7.97. The molecular weight excluding hydrogens is 775 g/mol. The van der Waals surface area contributed by atoms with Crippen LogP contribution in [0.15, 0.2) is 229 Å². The number of H-pyrrole nitrogens is 1. The lowest BCUT2D eigenvalue weighted by Crippen LogP contribution is -2.34. The lowest BCUT2D eigenvalue weighted by Gasteiger charge is -2.36. The molecule has 0 amide bonds. The number of nitrogens with one attached hydrogen (secondary N) is 1. The van der Waals surface area contributed by atoms with E-state index in [4.69, 9.17) is 0 Å². The Morgan fingerprint density at radius 3 is 1.88 bits per heavy atom. The summed E-state index contributed by atoms with van der Waals surface area (Å²) in [4.78, 5) is 8.74. The maximum atomic E-state index is 4.20. The van der Waals surface area contributed by atoms with E-state index >= 15 is 0 Å². The highest BCUT2D eigenvalue weighted by Gasteiger charge is 2.26. The van der Waals surface area contributed by atoms with E-state index in [9.17, 15) is 0 Å². The molecule has 64 heavy (non-hydrogen) atoms. The number of rotatable bonds is 10. The smallest absolute Gasteiger partial charge is 0.0559 e. The second-order valence-electron chi connectivity index (χ2n) is 17.8. The number of anilines is 4. The van der Waals surface area contributed by atoms with Gasteiger partial charge in [-0.05, 0) is 170 Å². The van der Waals surface area contributed by atoms with Crippen LogP contribution in [0, 0.1) is 11.8 Å². The largest absolute Gasteiger partial charge is 0.355 e. The van der Waals surface area contributed by atoms with E-state index in [1.165, 1.54) is 50.0 Å². The molecule has 3 nitrogen and oxygen atoms in total. The molecule has 0 aliphatic heterocycles. The Morgan fingerprint density at radius 2 is 1.25 bits per heavy atom. The van der Waals surface area contributed by atoms with Gasteiger partial charge in [0.25, 0.3) is 0 Å². The quantitative estimate of drug-likeness (QED) is 0.142. The molecule has 0 bridgehead atoms. The Balaban J connectivity index is 0.971. The second kappa shape index (κ2) is 17.5. The maximum absolute atomic E-state index is 4.20. The summed E-state index contributed by atoms with van der Waals surface area (Å²) in [5, 5.41) is 2.43. The number of aromatic amines is 1. The van der Waals surface area contributed by atoms with Gasteiger partial charge in [-0.25, -0.2) is 0 Å². The Hall–Kier alpha value is -7.28. The molecule has 4 aromatic carbocycles. The van der Waals surface area contributed by atoms with E-state index in [-0.39, 0.29) is 6.04 Å². The molecule has 6 aliphatic rings. The summed E-state index contributed by atoms with van der Waals surface area (Å²) in [5.74, 6) is 0.882. The number of fused-ring (bicyclic) bond motifs is 3.